The van der Waals surface area contributed by atoms with Crippen LogP contribution < -0.4 is 5.73 Å². The molecule has 92 valence electrons. The molecule has 0 radical (unpaired) electrons. The van der Waals surface area contributed by atoms with Crippen LogP contribution in [0.1, 0.15) is 38.8 Å². The molecule has 0 aliphatic rings. The largest absolute Gasteiger partial charge is 0.353 e. The summed E-state index contributed by atoms with van der Waals surface area (Å²) in [6, 6.07) is 2.32. The summed E-state index contributed by atoms with van der Waals surface area (Å²) in [5.41, 5.74) is 7.24. The van der Waals surface area contributed by atoms with Gasteiger partial charge in [-0.3, -0.25) is 0 Å². The summed E-state index contributed by atoms with van der Waals surface area (Å²) < 4.78 is 2.24. The number of nitrogens with zero attached hydrogens (tertiary/aromatic N) is 2. The van der Waals surface area contributed by atoms with Crippen molar-refractivity contribution in [2.75, 3.05) is 19.6 Å². The van der Waals surface area contributed by atoms with Gasteiger partial charge in [-0.2, -0.15) is 0 Å². The van der Waals surface area contributed by atoms with Crippen LogP contribution in [0, 0.1) is 0 Å². The van der Waals surface area contributed by atoms with Crippen molar-refractivity contribution >= 4 is 0 Å². The molecule has 0 fully saturated rings. The predicted molar refractivity (Wildman–Crippen MR) is 69.4 cm³/mol. The minimum absolute atomic E-state index is 0.190. The number of nitrogens with two attached hydrogens (primary N) is 1. The average molecular weight is 223 g/mol. The zero-order valence-corrected chi connectivity index (χ0v) is 10.8. The summed E-state index contributed by atoms with van der Waals surface area (Å²) in [4.78, 5) is 2.43. The Morgan fingerprint density at radius 3 is 2.56 bits per heavy atom. The Morgan fingerprint density at radius 1 is 1.31 bits per heavy atom. The van der Waals surface area contributed by atoms with Crippen LogP contribution in [0.15, 0.2) is 18.5 Å². The Labute approximate surface area is 99.2 Å². The lowest BCUT2D eigenvalue weighted by atomic mass is 10.1. The van der Waals surface area contributed by atoms with Gasteiger partial charge in [0, 0.05) is 31.5 Å². The highest BCUT2D eigenvalue weighted by molar-refractivity contribution is 5.14. The summed E-state index contributed by atoms with van der Waals surface area (Å²) in [5, 5.41) is 0. The van der Waals surface area contributed by atoms with Crippen LogP contribution in [0.3, 0.4) is 0 Å². The Morgan fingerprint density at radius 2 is 2.00 bits per heavy atom. The van der Waals surface area contributed by atoms with Gasteiger partial charge >= 0.3 is 0 Å². The Bertz CT molecular complexity index is 289. The molecule has 0 amide bonds. The normalized spacial score (nSPS) is 13.3. The van der Waals surface area contributed by atoms with Crippen molar-refractivity contribution in [2.45, 2.75) is 39.8 Å². The van der Waals surface area contributed by atoms with E-state index in [4.69, 9.17) is 5.73 Å². The smallest absolute Gasteiger partial charge is 0.0347 e. The van der Waals surface area contributed by atoms with Crippen molar-refractivity contribution in [3.63, 3.8) is 0 Å². The number of hydrogen-bond acceptors (Lipinski definition) is 2. The van der Waals surface area contributed by atoms with Gasteiger partial charge in [0.25, 0.3) is 0 Å². The molecule has 1 rings (SSSR count). The third-order valence-corrected chi connectivity index (χ3v) is 3.21. The van der Waals surface area contributed by atoms with E-state index in [9.17, 15) is 0 Å². The second-order valence-corrected chi connectivity index (χ2v) is 4.22. The van der Waals surface area contributed by atoms with Crippen molar-refractivity contribution in [3.8, 4) is 0 Å². The second kappa shape index (κ2) is 6.71. The highest BCUT2D eigenvalue weighted by Gasteiger charge is 2.05. The van der Waals surface area contributed by atoms with Gasteiger partial charge in [0.05, 0.1) is 0 Å². The first-order chi connectivity index (χ1) is 7.71. The molecule has 0 bridgehead atoms. The second-order valence-electron chi connectivity index (χ2n) is 4.22. The van der Waals surface area contributed by atoms with Gasteiger partial charge in [-0.1, -0.05) is 20.8 Å². The fourth-order valence-electron chi connectivity index (χ4n) is 1.85. The number of likely N-dealkylation sites (N-methyl/N-ethyl adjacent to an activating group) is 1. The summed E-state index contributed by atoms with van der Waals surface area (Å²) in [6.45, 7) is 11.0. The third-order valence-electron chi connectivity index (χ3n) is 3.21. The minimum Gasteiger partial charge on any atom is -0.353 e. The molecule has 2 N–H and O–H groups in total. The fourth-order valence-corrected chi connectivity index (χ4v) is 1.85. The van der Waals surface area contributed by atoms with E-state index in [0.29, 0.717) is 0 Å². The number of hydrogen-bond donors (Lipinski definition) is 1. The molecule has 3 nitrogen and oxygen atoms in total. The van der Waals surface area contributed by atoms with Crippen LogP contribution in [0.25, 0.3) is 0 Å². The van der Waals surface area contributed by atoms with Crippen molar-refractivity contribution in [1.29, 1.82) is 0 Å². The lowest BCUT2D eigenvalue weighted by Crippen LogP contribution is -2.26. The lowest BCUT2D eigenvalue weighted by Gasteiger charge is -2.18. The summed E-state index contributed by atoms with van der Waals surface area (Å²) in [6.07, 6.45) is 5.31. The van der Waals surface area contributed by atoms with Crippen molar-refractivity contribution in [1.82, 2.24) is 9.47 Å². The third kappa shape index (κ3) is 3.65. The van der Waals surface area contributed by atoms with E-state index in [0.717, 1.165) is 32.6 Å². The molecule has 1 aromatic heterocycles. The molecule has 0 spiro atoms. The Hall–Kier alpha value is -0.800. The predicted octanol–water partition coefficient (Wildman–Crippen LogP) is 2.24. The molecular formula is C13H25N3. The van der Waals surface area contributed by atoms with Gasteiger partial charge in [-0.05, 0) is 31.1 Å². The van der Waals surface area contributed by atoms with Crippen LogP contribution in [0.4, 0.5) is 0 Å². The standard InChI is InChI=1S/C13H25N3/c1-4-13(14)12-7-8-16(11-12)10-9-15(5-2)6-3/h7-8,11,13H,4-6,9-10,14H2,1-3H3. The zero-order valence-electron chi connectivity index (χ0n) is 10.8. The highest BCUT2D eigenvalue weighted by atomic mass is 15.1. The van der Waals surface area contributed by atoms with Gasteiger partial charge in [-0.25, -0.2) is 0 Å². The number of rotatable bonds is 7. The summed E-state index contributed by atoms with van der Waals surface area (Å²) >= 11 is 0. The van der Waals surface area contributed by atoms with E-state index >= 15 is 0 Å². The molecule has 0 aromatic carbocycles. The van der Waals surface area contributed by atoms with Gasteiger partial charge in [0.1, 0.15) is 0 Å². The molecule has 0 aliphatic heterocycles. The molecule has 1 unspecified atom stereocenters. The molecule has 0 saturated carbocycles. The minimum atomic E-state index is 0.190. The maximum absolute atomic E-state index is 5.99. The van der Waals surface area contributed by atoms with Crippen LogP contribution in [0.2, 0.25) is 0 Å². The van der Waals surface area contributed by atoms with Crippen LogP contribution >= 0.6 is 0 Å². The van der Waals surface area contributed by atoms with Gasteiger partial charge in [0.15, 0.2) is 0 Å². The summed E-state index contributed by atoms with van der Waals surface area (Å²) in [7, 11) is 0. The van der Waals surface area contributed by atoms with Gasteiger partial charge in [0.2, 0.25) is 0 Å². The molecule has 1 aromatic rings. The lowest BCUT2D eigenvalue weighted by molar-refractivity contribution is 0.290. The maximum Gasteiger partial charge on any atom is 0.0347 e. The molecule has 0 aliphatic carbocycles. The molecule has 0 saturated heterocycles. The molecule has 16 heavy (non-hydrogen) atoms. The van der Waals surface area contributed by atoms with E-state index in [1.165, 1.54) is 5.56 Å². The van der Waals surface area contributed by atoms with Crippen LogP contribution in [0.5, 0.6) is 0 Å². The molecular weight excluding hydrogens is 198 g/mol. The van der Waals surface area contributed by atoms with E-state index in [-0.39, 0.29) is 6.04 Å². The monoisotopic (exact) mass is 223 g/mol. The zero-order chi connectivity index (χ0) is 12.0. The topological polar surface area (TPSA) is 34.2 Å². The van der Waals surface area contributed by atoms with E-state index < -0.39 is 0 Å². The Balaban J connectivity index is 2.46. The van der Waals surface area contributed by atoms with Crippen molar-refractivity contribution in [3.05, 3.63) is 24.0 Å². The summed E-state index contributed by atoms with van der Waals surface area (Å²) in [5.74, 6) is 0. The van der Waals surface area contributed by atoms with Gasteiger partial charge in [-0.15, -0.1) is 0 Å². The SMILES string of the molecule is CCC(N)c1ccn(CCN(CC)CC)c1. The quantitative estimate of drug-likeness (QED) is 0.769. The molecule has 1 heterocycles. The van der Waals surface area contributed by atoms with E-state index in [1.54, 1.807) is 0 Å². The first-order valence-electron chi connectivity index (χ1n) is 6.34. The fraction of sp³-hybridized carbons (Fsp3) is 0.692. The van der Waals surface area contributed by atoms with Gasteiger partial charge < -0.3 is 15.2 Å². The van der Waals surface area contributed by atoms with Crippen LogP contribution in [-0.2, 0) is 6.54 Å². The average Bonchev–Trinajstić information content (AvgIpc) is 2.78. The molecule has 1 atom stereocenters. The first-order valence-corrected chi connectivity index (χ1v) is 6.34. The maximum atomic E-state index is 5.99. The van der Waals surface area contributed by atoms with Crippen molar-refractivity contribution < 1.29 is 0 Å². The van der Waals surface area contributed by atoms with E-state index in [2.05, 4.69) is 48.7 Å². The van der Waals surface area contributed by atoms with Crippen LogP contribution in [-0.4, -0.2) is 29.1 Å². The highest BCUT2D eigenvalue weighted by Crippen LogP contribution is 2.13. The first kappa shape index (κ1) is 13.3. The Kier molecular flexibility index (Phi) is 5.56. The molecule has 3 heteroatoms. The van der Waals surface area contributed by atoms with E-state index in [1.807, 2.05) is 0 Å². The number of aromatic nitrogens is 1. The van der Waals surface area contributed by atoms with Crippen molar-refractivity contribution in [2.24, 2.45) is 5.73 Å².